The van der Waals surface area contributed by atoms with Crippen molar-refractivity contribution >= 4 is 32.9 Å². The monoisotopic (exact) mass is 408 g/mol. The minimum absolute atomic E-state index is 0.0104. The fraction of sp³-hybridized carbons (Fsp3) is 0.389. The Balaban J connectivity index is 1.98. The van der Waals surface area contributed by atoms with E-state index in [-0.39, 0.29) is 27.2 Å². The maximum absolute atomic E-state index is 12.9. The highest BCUT2D eigenvalue weighted by Crippen LogP contribution is 2.47. The number of nitro groups is 1. The summed E-state index contributed by atoms with van der Waals surface area (Å²) in [5, 5.41) is 14.5. The van der Waals surface area contributed by atoms with Gasteiger partial charge in [-0.1, -0.05) is 17.7 Å². The number of sulfone groups is 1. The molecule has 2 aliphatic heterocycles. The number of hydrogen-bond acceptors (Lipinski definition) is 6. The highest BCUT2D eigenvalue weighted by atomic mass is 35.5. The molecule has 0 amide bonds. The first-order chi connectivity index (χ1) is 12.8. The van der Waals surface area contributed by atoms with Gasteiger partial charge in [0.05, 0.1) is 21.5 Å². The van der Waals surface area contributed by atoms with Crippen molar-refractivity contribution in [3.8, 4) is 0 Å². The minimum Gasteiger partial charge on any atom is -0.361 e. The van der Waals surface area contributed by atoms with Crippen molar-refractivity contribution in [1.82, 2.24) is 5.32 Å². The van der Waals surface area contributed by atoms with E-state index in [1.807, 2.05) is 0 Å². The van der Waals surface area contributed by atoms with Gasteiger partial charge in [0.25, 0.3) is 5.69 Å². The molecular formula is C18H17ClN2O5S. The molecule has 1 atom stereocenters. The summed E-state index contributed by atoms with van der Waals surface area (Å²) >= 11 is 5.93. The zero-order valence-electron chi connectivity index (χ0n) is 14.3. The smallest absolute Gasteiger partial charge is 0.288 e. The molecule has 0 spiro atoms. The molecule has 1 aromatic rings. The largest absolute Gasteiger partial charge is 0.361 e. The van der Waals surface area contributed by atoms with Crippen LogP contribution in [0.1, 0.15) is 43.6 Å². The Kier molecular flexibility index (Phi) is 4.35. The summed E-state index contributed by atoms with van der Waals surface area (Å²) in [5.74, 6) is -0.916. The number of hydrogen-bond donors (Lipinski definition) is 1. The highest BCUT2D eigenvalue weighted by molar-refractivity contribution is 7.95. The molecular weight excluding hydrogens is 392 g/mol. The number of Topliss-reactive ketones (excluding diaryl/α,β-unsaturated/α-hetero) is 1. The lowest BCUT2D eigenvalue weighted by Gasteiger charge is -2.37. The van der Waals surface area contributed by atoms with E-state index in [0.29, 0.717) is 48.9 Å². The number of benzene rings is 1. The van der Waals surface area contributed by atoms with Crippen LogP contribution in [0.5, 0.6) is 0 Å². The fourth-order valence-corrected chi connectivity index (χ4v) is 6.22. The molecule has 4 rings (SSSR count). The van der Waals surface area contributed by atoms with Crippen LogP contribution in [-0.4, -0.2) is 24.9 Å². The Labute approximate surface area is 161 Å². The van der Waals surface area contributed by atoms with E-state index in [9.17, 15) is 23.3 Å². The van der Waals surface area contributed by atoms with Crippen molar-refractivity contribution in [1.29, 1.82) is 0 Å². The summed E-state index contributed by atoms with van der Waals surface area (Å²) in [6.07, 6.45) is 2.79. The second-order valence-electron chi connectivity index (χ2n) is 6.96. The van der Waals surface area contributed by atoms with Crippen LogP contribution in [0.25, 0.3) is 0 Å². The number of nitro benzene ring substituents is 1. The zero-order valence-corrected chi connectivity index (χ0v) is 15.9. The van der Waals surface area contributed by atoms with Crippen LogP contribution in [0.15, 0.2) is 40.1 Å². The fourth-order valence-electron chi connectivity index (χ4n) is 4.15. The molecule has 1 aromatic carbocycles. The molecule has 1 aliphatic carbocycles. The van der Waals surface area contributed by atoms with E-state index in [1.165, 1.54) is 12.1 Å². The van der Waals surface area contributed by atoms with Crippen molar-refractivity contribution in [3.05, 3.63) is 60.8 Å². The molecule has 9 heteroatoms. The second kappa shape index (κ2) is 6.45. The third-order valence-corrected chi connectivity index (χ3v) is 7.58. The first kappa shape index (κ1) is 18.2. The van der Waals surface area contributed by atoms with E-state index in [2.05, 4.69) is 5.32 Å². The summed E-state index contributed by atoms with van der Waals surface area (Å²) in [6.45, 7) is 0. The van der Waals surface area contributed by atoms with Crippen molar-refractivity contribution in [2.75, 3.05) is 5.75 Å². The first-order valence-corrected chi connectivity index (χ1v) is 10.8. The number of nitrogens with one attached hydrogen (secondary N) is 1. The van der Waals surface area contributed by atoms with Gasteiger partial charge in [0.2, 0.25) is 0 Å². The molecule has 7 nitrogen and oxygen atoms in total. The molecule has 0 saturated heterocycles. The number of dihydropyridines is 1. The lowest BCUT2D eigenvalue weighted by atomic mass is 9.79. The molecule has 1 N–H and O–H groups in total. The molecule has 0 bridgehead atoms. The zero-order chi connectivity index (χ0) is 19.3. The Morgan fingerprint density at radius 3 is 2.63 bits per heavy atom. The van der Waals surface area contributed by atoms with Crippen LogP contribution in [0, 0.1) is 10.1 Å². The predicted molar refractivity (Wildman–Crippen MR) is 99.9 cm³/mol. The average Bonchev–Trinajstić information content (AvgIpc) is 2.60. The van der Waals surface area contributed by atoms with Crippen molar-refractivity contribution in [3.63, 3.8) is 0 Å². The van der Waals surface area contributed by atoms with E-state index < -0.39 is 20.7 Å². The number of carbonyl (C=O) groups excluding carboxylic acids is 1. The van der Waals surface area contributed by atoms with Crippen LogP contribution < -0.4 is 5.32 Å². The second-order valence-corrected chi connectivity index (χ2v) is 9.44. The van der Waals surface area contributed by atoms with E-state index in [1.54, 1.807) is 6.07 Å². The van der Waals surface area contributed by atoms with Gasteiger partial charge in [-0.2, -0.15) is 0 Å². The van der Waals surface area contributed by atoms with Crippen LogP contribution in [-0.2, 0) is 14.6 Å². The number of allylic oxidation sites excluding steroid dienone is 4. The van der Waals surface area contributed by atoms with Gasteiger partial charge in [-0.25, -0.2) is 8.42 Å². The molecule has 2 heterocycles. The number of nitrogens with zero attached hydrogens (tertiary/aromatic N) is 1. The van der Waals surface area contributed by atoms with Crippen LogP contribution in [0.2, 0.25) is 5.02 Å². The van der Waals surface area contributed by atoms with Crippen LogP contribution in [0.3, 0.4) is 0 Å². The molecule has 0 radical (unpaired) electrons. The van der Waals surface area contributed by atoms with Gasteiger partial charge < -0.3 is 5.32 Å². The summed E-state index contributed by atoms with van der Waals surface area (Å²) < 4.78 is 25.7. The maximum Gasteiger partial charge on any atom is 0.288 e. The van der Waals surface area contributed by atoms with Crippen LogP contribution >= 0.6 is 11.6 Å². The van der Waals surface area contributed by atoms with E-state index in [4.69, 9.17) is 11.6 Å². The molecule has 142 valence electrons. The average molecular weight is 409 g/mol. The third kappa shape index (κ3) is 2.96. The number of halogens is 1. The number of ketones is 1. The van der Waals surface area contributed by atoms with Gasteiger partial charge >= 0.3 is 0 Å². The lowest BCUT2D eigenvalue weighted by molar-refractivity contribution is -0.384. The van der Waals surface area contributed by atoms with Crippen molar-refractivity contribution in [2.45, 2.75) is 38.0 Å². The normalized spacial score (nSPS) is 24.2. The first-order valence-electron chi connectivity index (χ1n) is 8.72. The van der Waals surface area contributed by atoms with Gasteiger partial charge in [-0.3, -0.25) is 14.9 Å². The molecule has 27 heavy (non-hydrogen) atoms. The Morgan fingerprint density at radius 1 is 1.15 bits per heavy atom. The molecule has 0 fully saturated rings. The summed E-state index contributed by atoms with van der Waals surface area (Å²) in [6, 6.07) is 4.26. The van der Waals surface area contributed by atoms with E-state index >= 15 is 0 Å². The lowest BCUT2D eigenvalue weighted by Crippen LogP contribution is -2.37. The topological polar surface area (TPSA) is 106 Å². The van der Waals surface area contributed by atoms with Crippen molar-refractivity contribution < 1.29 is 18.1 Å². The van der Waals surface area contributed by atoms with Gasteiger partial charge in [0.15, 0.2) is 15.6 Å². The predicted octanol–water partition coefficient (Wildman–Crippen LogP) is 3.36. The third-order valence-electron chi connectivity index (χ3n) is 5.28. The maximum atomic E-state index is 12.9. The quantitative estimate of drug-likeness (QED) is 0.594. The minimum atomic E-state index is -3.57. The van der Waals surface area contributed by atoms with Gasteiger partial charge in [-0.15, -0.1) is 0 Å². The molecule has 1 unspecified atom stereocenters. The molecule has 3 aliphatic rings. The highest BCUT2D eigenvalue weighted by Gasteiger charge is 2.43. The molecule has 0 aromatic heterocycles. The van der Waals surface area contributed by atoms with Gasteiger partial charge in [0, 0.05) is 29.5 Å². The van der Waals surface area contributed by atoms with E-state index in [0.717, 1.165) is 5.70 Å². The van der Waals surface area contributed by atoms with Crippen molar-refractivity contribution in [2.24, 2.45) is 0 Å². The summed E-state index contributed by atoms with van der Waals surface area (Å²) in [4.78, 5) is 23.6. The standard InChI is InChI=1S/C18H17ClN2O5S/c19-11-7-6-10(9-14(11)21(23)24)16-17-12(3-1-5-15(17)22)20-13-4-2-8-27(25,26)18(13)16/h6-7,9,16,20H,1-5,8H2. The Hall–Kier alpha value is -2.19. The summed E-state index contributed by atoms with van der Waals surface area (Å²) in [7, 11) is -3.57. The molecule has 0 saturated carbocycles. The van der Waals surface area contributed by atoms with Gasteiger partial charge in [-0.05, 0) is 37.3 Å². The number of carbonyl (C=O) groups is 1. The Bertz CT molecular complexity index is 1040. The Morgan fingerprint density at radius 2 is 1.89 bits per heavy atom. The van der Waals surface area contributed by atoms with Gasteiger partial charge in [0.1, 0.15) is 5.02 Å². The van der Waals surface area contributed by atoms with Crippen LogP contribution in [0.4, 0.5) is 5.69 Å². The summed E-state index contributed by atoms with van der Waals surface area (Å²) in [5.41, 5.74) is 1.88. The number of rotatable bonds is 2. The SMILES string of the molecule is O=C1CCCC2=C1C(c1ccc(Cl)c([N+](=O)[O-])c1)C1=C(CCCS1(=O)=O)N2.